The van der Waals surface area contributed by atoms with Crippen LogP contribution < -0.4 is 21.1 Å². The molecule has 2 aliphatic rings. The van der Waals surface area contributed by atoms with Crippen LogP contribution >= 0.6 is 11.6 Å². The maximum absolute atomic E-state index is 13.1. The zero-order valence-corrected chi connectivity index (χ0v) is 21.8. The molecule has 2 aromatic carbocycles. The second-order valence-corrected chi connectivity index (χ2v) is 10.4. The second kappa shape index (κ2) is 10.4. The number of hydrogen-bond donors (Lipinski definition) is 2. The molecule has 0 unspecified atom stereocenters. The number of anilines is 3. The van der Waals surface area contributed by atoms with Gasteiger partial charge in [0.05, 0.1) is 16.9 Å². The predicted octanol–water partition coefficient (Wildman–Crippen LogP) is 5.03. The molecule has 2 bridgehead atoms. The SMILES string of the molecule is O=C(Nc1ccc(Cl)cc1)c1ccc(N2C[C@H]3C[C@@H](C2)c2cccc(=O)n2C3)c(NC(=O)c2cccnc2)c1. The Morgan fingerprint density at radius 2 is 1.69 bits per heavy atom. The number of aromatic nitrogens is 2. The minimum absolute atomic E-state index is 0.0381. The van der Waals surface area contributed by atoms with E-state index in [1.54, 1.807) is 60.8 Å². The molecule has 6 rings (SSSR count). The Morgan fingerprint density at radius 3 is 2.49 bits per heavy atom. The molecule has 0 saturated carbocycles. The molecule has 196 valence electrons. The number of benzene rings is 2. The van der Waals surface area contributed by atoms with Gasteiger partial charge in [-0.1, -0.05) is 17.7 Å². The van der Waals surface area contributed by atoms with Gasteiger partial charge in [0.1, 0.15) is 0 Å². The first-order valence-electron chi connectivity index (χ1n) is 12.8. The van der Waals surface area contributed by atoms with Crippen LogP contribution in [0.2, 0.25) is 5.02 Å². The van der Waals surface area contributed by atoms with Crippen LogP contribution in [0.25, 0.3) is 0 Å². The molecule has 1 saturated heterocycles. The third-order valence-electron chi connectivity index (χ3n) is 7.35. The molecule has 4 heterocycles. The summed E-state index contributed by atoms with van der Waals surface area (Å²) in [4.78, 5) is 45.0. The molecule has 0 spiro atoms. The molecule has 2 aromatic heterocycles. The standard InChI is InChI=1S/C30H26ClN5O3/c31-23-7-9-24(10-8-23)33-29(38)20-6-11-27(25(14-20)34-30(39)21-3-2-12-32-15-21)35-16-19-13-22(18-35)26-4-1-5-28(37)36(26)17-19/h1-12,14-15,19,22H,13,16-18H2,(H,33,38)(H,34,39)/t19-,22+/m1/s1. The van der Waals surface area contributed by atoms with Crippen LogP contribution in [-0.2, 0) is 6.54 Å². The van der Waals surface area contributed by atoms with Crippen LogP contribution in [0.4, 0.5) is 17.1 Å². The Balaban J connectivity index is 1.32. The van der Waals surface area contributed by atoms with E-state index in [2.05, 4.69) is 20.5 Å². The van der Waals surface area contributed by atoms with Gasteiger partial charge in [0.25, 0.3) is 17.4 Å². The molecule has 2 aliphatic heterocycles. The topological polar surface area (TPSA) is 96.3 Å². The summed E-state index contributed by atoms with van der Waals surface area (Å²) < 4.78 is 1.89. The second-order valence-electron chi connectivity index (χ2n) is 9.99. The number of carbonyl (C=O) groups excluding carboxylic acids is 2. The highest BCUT2D eigenvalue weighted by molar-refractivity contribution is 6.30. The molecule has 2 atom stereocenters. The fourth-order valence-corrected chi connectivity index (χ4v) is 5.70. The van der Waals surface area contributed by atoms with E-state index in [1.165, 1.54) is 6.20 Å². The van der Waals surface area contributed by atoms with Gasteiger partial charge in [0.2, 0.25) is 0 Å². The normalized spacial score (nSPS) is 17.7. The van der Waals surface area contributed by atoms with Crippen molar-refractivity contribution in [3.63, 3.8) is 0 Å². The number of pyridine rings is 2. The highest BCUT2D eigenvalue weighted by atomic mass is 35.5. The van der Waals surface area contributed by atoms with Crippen LogP contribution in [-0.4, -0.2) is 34.5 Å². The van der Waals surface area contributed by atoms with E-state index in [0.29, 0.717) is 46.5 Å². The zero-order chi connectivity index (χ0) is 26.9. The van der Waals surface area contributed by atoms with Crippen LogP contribution in [0.15, 0.2) is 90.0 Å². The number of nitrogens with one attached hydrogen (secondary N) is 2. The fourth-order valence-electron chi connectivity index (χ4n) is 5.57. The fraction of sp³-hybridized carbons (Fsp3) is 0.200. The van der Waals surface area contributed by atoms with E-state index >= 15 is 0 Å². The minimum Gasteiger partial charge on any atom is -0.369 e. The molecule has 4 aromatic rings. The molecule has 9 heteroatoms. The van der Waals surface area contributed by atoms with Crippen molar-refractivity contribution in [1.29, 1.82) is 0 Å². The van der Waals surface area contributed by atoms with E-state index in [4.69, 9.17) is 11.6 Å². The lowest BCUT2D eigenvalue weighted by Gasteiger charge is -2.44. The number of halogens is 1. The number of piperidine rings is 1. The number of carbonyl (C=O) groups is 2. The number of rotatable bonds is 5. The maximum atomic E-state index is 13.1. The molecule has 2 amide bonds. The van der Waals surface area contributed by atoms with Crippen molar-refractivity contribution < 1.29 is 9.59 Å². The Hall–Kier alpha value is -4.43. The Morgan fingerprint density at radius 1 is 0.872 bits per heavy atom. The lowest BCUT2D eigenvalue weighted by atomic mass is 9.83. The summed E-state index contributed by atoms with van der Waals surface area (Å²) >= 11 is 5.97. The van der Waals surface area contributed by atoms with Crippen molar-refractivity contribution in [2.24, 2.45) is 5.92 Å². The van der Waals surface area contributed by atoms with Crippen molar-refractivity contribution in [2.75, 3.05) is 28.6 Å². The summed E-state index contributed by atoms with van der Waals surface area (Å²) in [7, 11) is 0. The average Bonchev–Trinajstić information content (AvgIpc) is 2.95. The van der Waals surface area contributed by atoms with E-state index in [0.717, 1.165) is 24.3 Å². The largest absolute Gasteiger partial charge is 0.369 e. The Kier molecular flexibility index (Phi) is 6.62. The van der Waals surface area contributed by atoms with Gasteiger partial charge in [-0.2, -0.15) is 0 Å². The van der Waals surface area contributed by atoms with E-state index in [-0.39, 0.29) is 23.3 Å². The number of amides is 2. The van der Waals surface area contributed by atoms with Gasteiger partial charge in [0.15, 0.2) is 0 Å². The van der Waals surface area contributed by atoms with Crippen LogP contribution in [0, 0.1) is 5.92 Å². The molecular weight excluding hydrogens is 514 g/mol. The zero-order valence-electron chi connectivity index (χ0n) is 21.0. The van der Waals surface area contributed by atoms with Gasteiger partial charge in [0, 0.05) is 66.0 Å². The Labute approximate surface area is 230 Å². The minimum atomic E-state index is -0.311. The summed E-state index contributed by atoms with van der Waals surface area (Å²) in [6.45, 7) is 2.11. The third-order valence-corrected chi connectivity index (χ3v) is 7.61. The van der Waals surface area contributed by atoms with Gasteiger partial charge >= 0.3 is 0 Å². The predicted molar refractivity (Wildman–Crippen MR) is 152 cm³/mol. The van der Waals surface area contributed by atoms with Crippen molar-refractivity contribution in [3.8, 4) is 0 Å². The highest BCUT2D eigenvalue weighted by Gasteiger charge is 2.35. The first kappa shape index (κ1) is 24.9. The molecule has 39 heavy (non-hydrogen) atoms. The van der Waals surface area contributed by atoms with Crippen LogP contribution in [0.1, 0.15) is 38.7 Å². The molecule has 2 N–H and O–H groups in total. The van der Waals surface area contributed by atoms with Gasteiger partial charge < -0.3 is 20.1 Å². The van der Waals surface area contributed by atoms with Gasteiger partial charge in [-0.3, -0.25) is 19.4 Å². The van der Waals surface area contributed by atoms with Gasteiger partial charge in [-0.15, -0.1) is 0 Å². The first-order valence-corrected chi connectivity index (χ1v) is 13.2. The maximum Gasteiger partial charge on any atom is 0.257 e. The van der Waals surface area contributed by atoms with Crippen LogP contribution in [0.5, 0.6) is 0 Å². The lowest BCUT2D eigenvalue weighted by Crippen LogP contribution is -2.47. The van der Waals surface area contributed by atoms with E-state index in [9.17, 15) is 14.4 Å². The van der Waals surface area contributed by atoms with Crippen molar-refractivity contribution in [3.05, 3.63) is 117 Å². The quantitative estimate of drug-likeness (QED) is 0.371. The highest BCUT2D eigenvalue weighted by Crippen LogP contribution is 2.39. The van der Waals surface area contributed by atoms with Crippen molar-refractivity contribution in [2.45, 2.75) is 18.9 Å². The molecule has 8 nitrogen and oxygen atoms in total. The summed E-state index contributed by atoms with van der Waals surface area (Å²) in [6, 6.07) is 21.1. The first-order chi connectivity index (χ1) is 18.9. The average molecular weight is 540 g/mol. The van der Waals surface area contributed by atoms with Crippen molar-refractivity contribution >= 4 is 40.5 Å². The monoisotopic (exact) mass is 539 g/mol. The molecule has 0 aliphatic carbocycles. The summed E-state index contributed by atoms with van der Waals surface area (Å²) in [5.41, 5.74) is 3.90. The summed E-state index contributed by atoms with van der Waals surface area (Å²) in [6.07, 6.45) is 4.13. The molecular formula is C30H26ClN5O3. The van der Waals surface area contributed by atoms with E-state index in [1.807, 2.05) is 22.8 Å². The Bertz CT molecular complexity index is 1600. The number of fused-ring (bicyclic) bond motifs is 4. The number of hydrogen-bond acceptors (Lipinski definition) is 5. The molecule has 1 fully saturated rings. The molecule has 0 radical (unpaired) electrons. The van der Waals surface area contributed by atoms with Crippen LogP contribution in [0.3, 0.4) is 0 Å². The smallest absolute Gasteiger partial charge is 0.257 e. The van der Waals surface area contributed by atoms with Gasteiger partial charge in [-0.05, 0) is 73.0 Å². The number of nitrogens with zero attached hydrogens (tertiary/aromatic N) is 3. The summed E-state index contributed by atoms with van der Waals surface area (Å²) in [5, 5.41) is 6.47. The van der Waals surface area contributed by atoms with Crippen molar-refractivity contribution in [1.82, 2.24) is 9.55 Å². The summed E-state index contributed by atoms with van der Waals surface area (Å²) in [5.74, 6) is -0.120. The van der Waals surface area contributed by atoms with Gasteiger partial charge in [-0.25, -0.2) is 0 Å². The lowest BCUT2D eigenvalue weighted by molar-refractivity contribution is 0.101. The van der Waals surface area contributed by atoms with E-state index < -0.39 is 0 Å². The third kappa shape index (κ3) is 5.15.